The van der Waals surface area contributed by atoms with Gasteiger partial charge < -0.3 is 4.90 Å². The van der Waals surface area contributed by atoms with Crippen LogP contribution in [0.4, 0.5) is 0 Å². The van der Waals surface area contributed by atoms with E-state index in [1.807, 2.05) is 60.6 Å². The molecule has 0 atom stereocenters. The predicted molar refractivity (Wildman–Crippen MR) is 86.6 cm³/mol. The zero-order valence-corrected chi connectivity index (χ0v) is 12.9. The van der Waals surface area contributed by atoms with Crippen LogP contribution in [0, 0.1) is 6.92 Å². The topological polar surface area (TPSA) is 36.4 Å². The second-order valence-corrected chi connectivity index (χ2v) is 5.79. The number of carbonyl (C=O) groups excluding carboxylic acids is 1. The van der Waals surface area contributed by atoms with Gasteiger partial charge in [0.1, 0.15) is 0 Å². The number of carbonyl (C=O) groups is 1. The second-order valence-electron chi connectivity index (χ2n) is 5.79. The maximum Gasteiger partial charge on any atom is 0.253 e. The number of rotatable bonds is 3. The number of hydrogen-bond acceptors (Lipinski definition) is 3. The number of hydrogen-bond donors (Lipinski definition) is 0. The van der Waals surface area contributed by atoms with E-state index >= 15 is 0 Å². The molecule has 0 aliphatic carbocycles. The number of pyridine rings is 1. The molecule has 0 radical (unpaired) electrons. The molecular formula is C18H21N3O. The molecule has 1 fully saturated rings. The van der Waals surface area contributed by atoms with E-state index in [1.54, 1.807) is 0 Å². The normalized spacial score (nSPS) is 15.8. The Morgan fingerprint density at radius 2 is 1.82 bits per heavy atom. The molecule has 0 bridgehead atoms. The number of amides is 1. The third-order valence-corrected chi connectivity index (χ3v) is 4.08. The fraction of sp³-hybridized carbons (Fsp3) is 0.333. The smallest absolute Gasteiger partial charge is 0.253 e. The van der Waals surface area contributed by atoms with Gasteiger partial charge in [0.25, 0.3) is 5.91 Å². The van der Waals surface area contributed by atoms with Gasteiger partial charge in [0.15, 0.2) is 0 Å². The standard InChI is InChI=1S/C18H21N3O/c1-15-3-2-4-17(13-15)18(22)21-11-9-20(10-12-21)14-16-5-7-19-8-6-16/h2-8,13H,9-12,14H2,1H3. The van der Waals surface area contributed by atoms with Gasteiger partial charge in [-0.15, -0.1) is 0 Å². The molecule has 1 aliphatic rings. The van der Waals surface area contributed by atoms with Crippen molar-refractivity contribution in [2.45, 2.75) is 13.5 Å². The number of benzene rings is 1. The minimum absolute atomic E-state index is 0.146. The molecule has 0 N–H and O–H groups in total. The summed E-state index contributed by atoms with van der Waals surface area (Å²) in [5.74, 6) is 0.146. The van der Waals surface area contributed by atoms with Gasteiger partial charge >= 0.3 is 0 Å². The number of nitrogens with zero attached hydrogens (tertiary/aromatic N) is 3. The van der Waals surface area contributed by atoms with E-state index in [1.165, 1.54) is 5.56 Å². The van der Waals surface area contributed by atoms with Crippen molar-refractivity contribution >= 4 is 5.91 Å². The van der Waals surface area contributed by atoms with Gasteiger partial charge in [0, 0.05) is 50.7 Å². The molecule has 2 aromatic rings. The van der Waals surface area contributed by atoms with Crippen LogP contribution in [0.5, 0.6) is 0 Å². The summed E-state index contributed by atoms with van der Waals surface area (Å²) in [5, 5.41) is 0. The highest BCUT2D eigenvalue weighted by Crippen LogP contribution is 2.12. The van der Waals surface area contributed by atoms with E-state index in [0.717, 1.165) is 43.9 Å². The molecule has 4 heteroatoms. The first-order chi connectivity index (χ1) is 10.7. The Morgan fingerprint density at radius 1 is 1.09 bits per heavy atom. The summed E-state index contributed by atoms with van der Waals surface area (Å²) in [5.41, 5.74) is 3.19. The average Bonchev–Trinajstić information content (AvgIpc) is 2.56. The Hall–Kier alpha value is -2.20. The lowest BCUT2D eigenvalue weighted by Gasteiger charge is -2.34. The van der Waals surface area contributed by atoms with E-state index in [0.29, 0.717) is 0 Å². The van der Waals surface area contributed by atoms with Crippen molar-refractivity contribution in [3.8, 4) is 0 Å². The molecule has 3 rings (SSSR count). The van der Waals surface area contributed by atoms with Gasteiger partial charge in [-0.1, -0.05) is 17.7 Å². The van der Waals surface area contributed by atoms with E-state index in [4.69, 9.17) is 0 Å². The van der Waals surface area contributed by atoms with Crippen LogP contribution in [0.2, 0.25) is 0 Å². The van der Waals surface area contributed by atoms with Crippen molar-refractivity contribution in [3.63, 3.8) is 0 Å². The highest BCUT2D eigenvalue weighted by Gasteiger charge is 2.22. The molecule has 22 heavy (non-hydrogen) atoms. The van der Waals surface area contributed by atoms with Gasteiger partial charge in [-0.3, -0.25) is 14.7 Å². The van der Waals surface area contributed by atoms with E-state index in [-0.39, 0.29) is 5.91 Å². The van der Waals surface area contributed by atoms with E-state index in [9.17, 15) is 4.79 Å². The maximum atomic E-state index is 12.5. The SMILES string of the molecule is Cc1cccc(C(=O)N2CCN(Cc3ccncc3)CC2)c1. The van der Waals surface area contributed by atoms with Crippen molar-refractivity contribution in [2.24, 2.45) is 0 Å². The molecular weight excluding hydrogens is 274 g/mol. The summed E-state index contributed by atoms with van der Waals surface area (Å²) >= 11 is 0. The molecule has 1 aromatic carbocycles. The third kappa shape index (κ3) is 3.52. The average molecular weight is 295 g/mol. The maximum absolute atomic E-state index is 12.5. The Bertz CT molecular complexity index is 634. The molecule has 0 spiro atoms. The molecule has 114 valence electrons. The first-order valence-corrected chi connectivity index (χ1v) is 7.69. The highest BCUT2D eigenvalue weighted by atomic mass is 16.2. The van der Waals surface area contributed by atoms with Gasteiger partial charge in [0.05, 0.1) is 0 Å². The lowest BCUT2D eigenvalue weighted by molar-refractivity contribution is 0.0628. The Morgan fingerprint density at radius 3 is 2.50 bits per heavy atom. The van der Waals surface area contributed by atoms with E-state index < -0.39 is 0 Å². The van der Waals surface area contributed by atoms with E-state index in [2.05, 4.69) is 9.88 Å². The lowest BCUT2D eigenvalue weighted by atomic mass is 10.1. The highest BCUT2D eigenvalue weighted by molar-refractivity contribution is 5.94. The Kier molecular flexibility index (Phi) is 4.49. The fourth-order valence-corrected chi connectivity index (χ4v) is 2.82. The Balaban J connectivity index is 1.56. The fourth-order valence-electron chi connectivity index (χ4n) is 2.82. The van der Waals surface area contributed by atoms with Crippen molar-refractivity contribution < 1.29 is 4.79 Å². The summed E-state index contributed by atoms with van der Waals surface area (Å²) in [6, 6.07) is 11.9. The van der Waals surface area contributed by atoms with Gasteiger partial charge in [0.2, 0.25) is 0 Å². The second kappa shape index (κ2) is 6.71. The van der Waals surface area contributed by atoms with Gasteiger partial charge in [-0.25, -0.2) is 0 Å². The van der Waals surface area contributed by atoms with Crippen LogP contribution in [0.3, 0.4) is 0 Å². The minimum Gasteiger partial charge on any atom is -0.336 e. The lowest BCUT2D eigenvalue weighted by Crippen LogP contribution is -2.48. The predicted octanol–water partition coefficient (Wildman–Crippen LogP) is 2.35. The molecule has 1 aliphatic heterocycles. The molecule has 1 aromatic heterocycles. The van der Waals surface area contributed by atoms with Crippen molar-refractivity contribution in [3.05, 3.63) is 65.5 Å². The van der Waals surface area contributed by atoms with Gasteiger partial charge in [-0.2, -0.15) is 0 Å². The van der Waals surface area contributed by atoms with Crippen molar-refractivity contribution in [1.82, 2.24) is 14.8 Å². The largest absolute Gasteiger partial charge is 0.336 e. The monoisotopic (exact) mass is 295 g/mol. The molecule has 0 unspecified atom stereocenters. The quantitative estimate of drug-likeness (QED) is 0.872. The van der Waals surface area contributed by atoms with Crippen LogP contribution in [0.25, 0.3) is 0 Å². The molecule has 0 saturated carbocycles. The summed E-state index contributed by atoms with van der Waals surface area (Å²) in [6.07, 6.45) is 3.65. The first-order valence-electron chi connectivity index (χ1n) is 7.69. The summed E-state index contributed by atoms with van der Waals surface area (Å²) in [4.78, 5) is 20.9. The zero-order valence-electron chi connectivity index (χ0n) is 12.9. The minimum atomic E-state index is 0.146. The summed E-state index contributed by atoms with van der Waals surface area (Å²) < 4.78 is 0. The van der Waals surface area contributed by atoms with Crippen LogP contribution in [-0.2, 0) is 6.54 Å². The van der Waals surface area contributed by atoms with Gasteiger partial charge in [-0.05, 0) is 36.8 Å². The van der Waals surface area contributed by atoms with Crippen LogP contribution in [-0.4, -0.2) is 46.9 Å². The number of piperazine rings is 1. The summed E-state index contributed by atoms with van der Waals surface area (Å²) in [6.45, 7) is 6.36. The van der Waals surface area contributed by atoms with Crippen molar-refractivity contribution in [1.29, 1.82) is 0 Å². The summed E-state index contributed by atoms with van der Waals surface area (Å²) in [7, 11) is 0. The molecule has 4 nitrogen and oxygen atoms in total. The van der Waals surface area contributed by atoms with Crippen LogP contribution in [0.1, 0.15) is 21.5 Å². The molecule has 2 heterocycles. The molecule has 1 amide bonds. The third-order valence-electron chi connectivity index (χ3n) is 4.08. The van der Waals surface area contributed by atoms with Crippen LogP contribution in [0.15, 0.2) is 48.8 Å². The molecule has 1 saturated heterocycles. The number of aryl methyl sites for hydroxylation is 1. The van der Waals surface area contributed by atoms with Crippen molar-refractivity contribution in [2.75, 3.05) is 26.2 Å². The first kappa shape index (κ1) is 14.7. The number of aromatic nitrogens is 1. The van der Waals surface area contributed by atoms with Crippen LogP contribution < -0.4 is 0 Å². The van der Waals surface area contributed by atoms with Crippen LogP contribution >= 0.6 is 0 Å². The Labute approximate surface area is 131 Å². The zero-order chi connectivity index (χ0) is 15.4.